The van der Waals surface area contributed by atoms with Crippen LogP contribution < -0.4 is 9.47 Å². The predicted octanol–water partition coefficient (Wildman–Crippen LogP) is 3.89. The van der Waals surface area contributed by atoms with Gasteiger partial charge in [-0.1, -0.05) is 35.6 Å². The van der Waals surface area contributed by atoms with E-state index in [1.54, 1.807) is 24.3 Å². The van der Waals surface area contributed by atoms with Crippen molar-refractivity contribution in [3.63, 3.8) is 0 Å². The summed E-state index contributed by atoms with van der Waals surface area (Å²) < 4.78 is 25.6. The molecular weight excluding hydrogens is 405 g/mol. The van der Waals surface area contributed by atoms with Gasteiger partial charge in [0.1, 0.15) is 17.4 Å². The Hall–Kier alpha value is -3.00. The van der Waals surface area contributed by atoms with Crippen LogP contribution in [0.2, 0.25) is 0 Å². The number of carbonyl (C=O) groups excluding carboxylic acids is 1. The van der Waals surface area contributed by atoms with Crippen molar-refractivity contribution < 1.29 is 18.7 Å². The highest BCUT2D eigenvalue weighted by molar-refractivity contribution is 7.14. The highest BCUT2D eigenvalue weighted by atomic mass is 32.1. The van der Waals surface area contributed by atoms with Crippen LogP contribution in [0.25, 0.3) is 10.6 Å². The molecule has 5 rings (SSSR count). The van der Waals surface area contributed by atoms with Gasteiger partial charge in [0.15, 0.2) is 16.5 Å². The van der Waals surface area contributed by atoms with E-state index < -0.39 is 6.10 Å². The first kappa shape index (κ1) is 19.0. The molecule has 2 aromatic carbocycles. The number of ether oxygens (including phenoxy) is 2. The van der Waals surface area contributed by atoms with E-state index in [1.807, 2.05) is 23.1 Å². The molecule has 0 unspecified atom stereocenters. The monoisotopic (exact) mass is 425 g/mol. The van der Waals surface area contributed by atoms with Gasteiger partial charge in [-0.25, -0.2) is 4.39 Å². The van der Waals surface area contributed by atoms with E-state index in [-0.39, 0.29) is 24.2 Å². The predicted molar refractivity (Wildman–Crippen MR) is 110 cm³/mol. The van der Waals surface area contributed by atoms with Crippen LogP contribution in [0.1, 0.15) is 23.8 Å². The Balaban J connectivity index is 1.29. The highest BCUT2D eigenvalue weighted by Crippen LogP contribution is 2.35. The summed E-state index contributed by atoms with van der Waals surface area (Å²) in [4.78, 5) is 14.9. The Kier molecular flexibility index (Phi) is 5.08. The second-order valence-electron chi connectivity index (χ2n) is 7.41. The van der Waals surface area contributed by atoms with Crippen LogP contribution in [0.15, 0.2) is 48.5 Å². The van der Waals surface area contributed by atoms with Crippen LogP contribution in [-0.4, -0.2) is 46.8 Å². The molecule has 0 N–H and O–H groups in total. The van der Waals surface area contributed by atoms with Crippen molar-refractivity contribution in [2.24, 2.45) is 0 Å². The Labute approximate surface area is 177 Å². The molecule has 0 radical (unpaired) electrons. The van der Waals surface area contributed by atoms with E-state index in [2.05, 4.69) is 10.2 Å². The van der Waals surface area contributed by atoms with E-state index in [0.29, 0.717) is 35.2 Å². The molecule has 1 saturated heterocycles. The lowest BCUT2D eigenvalue weighted by atomic mass is 9.98. The Morgan fingerprint density at radius 1 is 1.10 bits per heavy atom. The number of hydrogen-bond acceptors (Lipinski definition) is 6. The van der Waals surface area contributed by atoms with E-state index in [4.69, 9.17) is 9.47 Å². The second-order valence-corrected chi connectivity index (χ2v) is 8.42. The van der Waals surface area contributed by atoms with Gasteiger partial charge in [-0.05, 0) is 37.1 Å². The van der Waals surface area contributed by atoms with Gasteiger partial charge in [0.05, 0.1) is 0 Å². The van der Waals surface area contributed by atoms with Gasteiger partial charge in [-0.2, -0.15) is 0 Å². The Bertz CT molecular complexity index is 1070. The molecule has 154 valence electrons. The van der Waals surface area contributed by atoms with Crippen molar-refractivity contribution in [2.45, 2.75) is 24.9 Å². The topological polar surface area (TPSA) is 64.6 Å². The summed E-state index contributed by atoms with van der Waals surface area (Å²) in [5.41, 5.74) is 0.455. The molecule has 1 fully saturated rings. The van der Waals surface area contributed by atoms with Crippen molar-refractivity contribution >= 4 is 17.2 Å². The van der Waals surface area contributed by atoms with Gasteiger partial charge < -0.3 is 14.4 Å². The largest absolute Gasteiger partial charge is 0.485 e. The molecular formula is C22H20FN3O3S. The van der Waals surface area contributed by atoms with E-state index in [1.165, 1.54) is 17.4 Å². The molecule has 2 atom stereocenters. The molecule has 1 aromatic heterocycles. The summed E-state index contributed by atoms with van der Waals surface area (Å²) in [6, 6.07) is 13.9. The van der Waals surface area contributed by atoms with Crippen LogP contribution in [-0.2, 0) is 4.79 Å². The number of piperidine rings is 1. The number of hydrogen-bond donors (Lipinski definition) is 0. The first-order valence-corrected chi connectivity index (χ1v) is 10.8. The maximum Gasteiger partial charge on any atom is 0.267 e. The summed E-state index contributed by atoms with van der Waals surface area (Å²) in [6.07, 6.45) is 1.14. The number of para-hydroxylation sites is 2. The molecule has 8 heteroatoms. The van der Waals surface area contributed by atoms with E-state index >= 15 is 0 Å². The minimum absolute atomic E-state index is 0.0759. The Morgan fingerprint density at radius 3 is 2.77 bits per heavy atom. The van der Waals surface area contributed by atoms with Crippen molar-refractivity contribution in [1.29, 1.82) is 0 Å². The average molecular weight is 425 g/mol. The van der Waals surface area contributed by atoms with Crippen molar-refractivity contribution in [3.8, 4) is 22.1 Å². The van der Waals surface area contributed by atoms with Gasteiger partial charge in [-0.15, -0.1) is 10.2 Å². The van der Waals surface area contributed by atoms with Gasteiger partial charge >= 0.3 is 0 Å². The zero-order valence-corrected chi connectivity index (χ0v) is 17.0. The molecule has 2 aliphatic rings. The van der Waals surface area contributed by atoms with Gasteiger partial charge in [0.25, 0.3) is 5.91 Å². The minimum atomic E-state index is -0.651. The summed E-state index contributed by atoms with van der Waals surface area (Å²) in [6.45, 7) is 1.43. The lowest BCUT2D eigenvalue weighted by Crippen LogP contribution is -2.49. The Morgan fingerprint density at radius 2 is 1.90 bits per heavy atom. The van der Waals surface area contributed by atoms with Crippen LogP contribution in [0.3, 0.4) is 0 Å². The van der Waals surface area contributed by atoms with Gasteiger partial charge in [-0.3, -0.25) is 4.79 Å². The smallest absolute Gasteiger partial charge is 0.267 e. The fourth-order valence-electron chi connectivity index (χ4n) is 3.87. The molecule has 1 amide bonds. The summed E-state index contributed by atoms with van der Waals surface area (Å²) in [7, 11) is 0. The standard InChI is InChI=1S/C22H20FN3O3S/c23-16-8-2-1-7-15(16)21-25-24-20(30-21)14-6-5-11-26(12-14)22(27)19-13-28-17-9-3-4-10-18(17)29-19/h1-4,7-10,14,19H,5-6,11-13H2/t14-,19+/m0/s1. The highest BCUT2D eigenvalue weighted by Gasteiger charge is 2.34. The molecule has 3 heterocycles. The molecule has 0 spiro atoms. The van der Waals surface area contributed by atoms with Crippen molar-refractivity contribution in [2.75, 3.05) is 19.7 Å². The zero-order valence-electron chi connectivity index (χ0n) is 16.2. The fraction of sp³-hybridized carbons (Fsp3) is 0.318. The second kappa shape index (κ2) is 8.02. The lowest BCUT2D eigenvalue weighted by Gasteiger charge is -2.35. The maximum atomic E-state index is 14.1. The average Bonchev–Trinajstić information content (AvgIpc) is 3.29. The number of nitrogens with zero attached hydrogens (tertiary/aromatic N) is 3. The third-order valence-corrected chi connectivity index (χ3v) is 6.53. The van der Waals surface area contributed by atoms with Crippen LogP contribution in [0.4, 0.5) is 4.39 Å². The number of carbonyl (C=O) groups is 1. The first-order valence-electron chi connectivity index (χ1n) is 9.94. The van der Waals surface area contributed by atoms with E-state index in [0.717, 1.165) is 17.8 Å². The van der Waals surface area contributed by atoms with Crippen LogP contribution in [0.5, 0.6) is 11.5 Å². The molecule has 0 saturated carbocycles. The first-order chi connectivity index (χ1) is 14.7. The number of amides is 1. The van der Waals surface area contributed by atoms with E-state index in [9.17, 15) is 9.18 Å². The summed E-state index contributed by atoms with van der Waals surface area (Å²) in [5.74, 6) is 0.947. The van der Waals surface area contributed by atoms with Gasteiger partial charge in [0.2, 0.25) is 6.10 Å². The molecule has 6 nitrogen and oxygen atoms in total. The van der Waals surface area contributed by atoms with Crippen molar-refractivity contribution in [1.82, 2.24) is 15.1 Å². The van der Waals surface area contributed by atoms with Crippen LogP contribution in [0, 0.1) is 5.82 Å². The third-order valence-electron chi connectivity index (χ3n) is 5.41. The lowest BCUT2D eigenvalue weighted by molar-refractivity contribution is -0.142. The summed E-state index contributed by atoms with van der Waals surface area (Å²) >= 11 is 1.39. The normalized spacial score (nSPS) is 20.8. The number of benzene rings is 2. The molecule has 0 aliphatic carbocycles. The number of halogens is 1. The maximum absolute atomic E-state index is 14.1. The minimum Gasteiger partial charge on any atom is -0.485 e. The fourth-order valence-corrected chi connectivity index (χ4v) is 4.86. The molecule has 30 heavy (non-hydrogen) atoms. The molecule has 2 aliphatic heterocycles. The van der Waals surface area contributed by atoms with Gasteiger partial charge in [0, 0.05) is 24.6 Å². The SMILES string of the molecule is O=C([C@H]1COc2ccccc2O1)N1CCC[C@H](c2nnc(-c3ccccc3F)s2)C1. The zero-order chi connectivity index (χ0) is 20.5. The molecule has 0 bridgehead atoms. The number of aromatic nitrogens is 2. The summed E-state index contributed by atoms with van der Waals surface area (Å²) in [5, 5.41) is 9.88. The molecule has 3 aromatic rings. The number of fused-ring (bicyclic) bond motifs is 1. The van der Waals surface area contributed by atoms with Crippen LogP contribution >= 0.6 is 11.3 Å². The number of rotatable bonds is 3. The quantitative estimate of drug-likeness (QED) is 0.637. The third kappa shape index (κ3) is 3.63. The number of likely N-dealkylation sites (tertiary alicyclic amines) is 1. The van der Waals surface area contributed by atoms with Crippen molar-refractivity contribution in [3.05, 3.63) is 59.4 Å².